The molecule has 3 unspecified atom stereocenters. The molecule has 0 aliphatic carbocycles. The van der Waals surface area contributed by atoms with Crippen molar-refractivity contribution in [3.8, 4) is 0 Å². The number of phosphoric ester groups is 1. The van der Waals surface area contributed by atoms with Gasteiger partial charge in [-0.05, 0) is 96.3 Å². The molecule has 0 radical (unpaired) electrons. The first-order valence-corrected chi connectivity index (χ1v) is 32.0. The van der Waals surface area contributed by atoms with E-state index in [4.69, 9.17) is 23.3 Å². The van der Waals surface area contributed by atoms with Crippen molar-refractivity contribution in [2.75, 3.05) is 26.4 Å². The lowest BCUT2D eigenvalue weighted by Gasteiger charge is -2.21. The monoisotopic (exact) mass is 1090 g/mol. The molecule has 0 rings (SSSR count). The summed E-state index contributed by atoms with van der Waals surface area (Å²) >= 11 is 0. The van der Waals surface area contributed by atoms with Gasteiger partial charge in [0, 0.05) is 19.3 Å². The number of unbranched alkanes of at least 4 members (excludes halogenated alkanes) is 25. The standard InChI is InChI=1S/C64H111O11P/c1-4-7-10-13-16-19-22-24-26-28-30-32-34-36-39-41-44-47-50-53-62(66)71-57-61(75-64(68)55-52-49-46-43-40-37-35-33-31-29-27-25-23-20-17-14-11-8-5-2)59-73-76(69,70)72-58-60(56-65)74-63(67)54-51-48-45-42-38-21-18-15-12-9-6-3/h8,11,16-17,19-20,24-27,31,33,37,40,60-61,65H,4-7,9-10,12-15,18,21-23,28-30,32,34-36,38-39,41-59H2,1-3H3,(H,69,70)/b11-8-,19-16-,20-17-,26-24-,27-25-,33-31-,40-37-. The van der Waals surface area contributed by atoms with Crippen LogP contribution in [0.2, 0.25) is 0 Å². The van der Waals surface area contributed by atoms with Crippen LogP contribution in [0, 0.1) is 0 Å². The van der Waals surface area contributed by atoms with Gasteiger partial charge in [0.2, 0.25) is 0 Å². The van der Waals surface area contributed by atoms with Crippen LogP contribution in [0.4, 0.5) is 0 Å². The van der Waals surface area contributed by atoms with Crippen LogP contribution in [0.5, 0.6) is 0 Å². The van der Waals surface area contributed by atoms with Crippen LogP contribution in [-0.2, 0) is 42.2 Å². The number of phosphoric acid groups is 1. The Hall–Kier alpha value is -3.34. The van der Waals surface area contributed by atoms with Gasteiger partial charge in [0.1, 0.15) is 12.7 Å². The number of carbonyl (C=O) groups is 3. The minimum Gasteiger partial charge on any atom is -0.462 e. The highest BCUT2D eigenvalue weighted by Crippen LogP contribution is 2.43. The Bertz CT molecular complexity index is 1600. The lowest BCUT2D eigenvalue weighted by Crippen LogP contribution is -2.30. The number of aliphatic hydroxyl groups excluding tert-OH is 1. The van der Waals surface area contributed by atoms with Gasteiger partial charge >= 0.3 is 25.7 Å². The molecule has 0 aromatic heterocycles. The van der Waals surface area contributed by atoms with Crippen LogP contribution in [0.25, 0.3) is 0 Å². The third-order valence-corrected chi connectivity index (χ3v) is 13.8. The summed E-state index contributed by atoms with van der Waals surface area (Å²) in [5, 5.41) is 9.81. The van der Waals surface area contributed by atoms with E-state index < -0.39 is 57.8 Å². The number of esters is 3. The number of ether oxygens (including phenoxy) is 3. The molecule has 0 aromatic carbocycles. The SMILES string of the molecule is CC/C=C\C/C=C\C/C=C\C/C=C\C/C=C\CCCCCC(=O)OC(COC(=O)CCCCCCCCCCC/C=C\C/C=C\CCCCC)COP(=O)(O)OCC(CO)OC(=O)CCCCCCCCCCCCC. The maximum atomic E-state index is 12.9. The topological polar surface area (TPSA) is 155 Å². The van der Waals surface area contributed by atoms with Crippen molar-refractivity contribution in [2.24, 2.45) is 0 Å². The van der Waals surface area contributed by atoms with Gasteiger partial charge in [0.05, 0.1) is 19.8 Å². The van der Waals surface area contributed by atoms with Crippen LogP contribution in [0.15, 0.2) is 85.1 Å². The van der Waals surface area contributed by atoms with Gasteiger partial charge in [0.25, 0.3) is 0 Å². The van der Waals surface area contributed by atoms with Crippen molar-refractivity contribution in [1.29, 1.82) is 0 Å². The van der Waals surface area contributed by atoms with Gasteiger partial charge in [-0.3, -0.25) is 23.4 Å². The quantitative estimate of drug-likeness (QED) is 0.0197. The van der Waals surface area contributed by atoms with Crippen LogP contribution >= 0.6 is 7.82 Å². The Morgan fingerprint density at radius 2 is 0.684 bits per heavy atom. The predicted molar refractivity (Wildman–Crippen MR) is 316 cm³/mol. The lowest BCUT2D eigenvalue weighted by molar-refractivity contribution is -0.161. The third kappa shape index (κ3) is 55.4. The molecule has 12 heteroatoms. The van der Waals surface area contributed by atoms with Gasteiger partial charge < -0.3 is 24.2 Å². The maximum Gasteiger partial charge on any atom is 0.472 e. The van der Waals surface area contributed by atoms with Gasteiger partial charge in [-0.25, -0.2) is 4.57 Å². The summed E-state index contributed by atoms with van der Waals surface area (Å²) in [4.78, 5) is 48.6. The summed E-state index contributed by atoms with van der Waals surface area (Å²) in [5.41, 5.74) is 0. The molecule has 0 spiro atoms. The molecule has 0 bridgehead atoms. The highest BCUT2D eigenvalue weighted by atomic mass is 31.2. The molecular weight excluding hydrogens is 976 g/mol. The van der Waals surface area contributed by atoms with Crippen molar-refractivity contribution in [3.05, 3.63) is 85.1 Å². The fourth-order valence-corrected chi connectivity index (χ4v) is 8.96. The normalized spacial score (nSPS) is 13.9. The first-order valence-electron chi connectivity index (χ1n) is 30.5. The van der Waals surface area contributed by atoms with Crippen molar-refractivity contribution in [3.63, 3.8) is 0 Å². The molecule has 76 heavy (non-hydrogen) atoms. The average Bonchev–Trinajstić information content (AvgIpc) is 3.41. The number of rotatable bonds is 56. The van der Waals surface area contributed by atoms with Gasteiger partial charge in [0.15, 0.2) is 6.10 Å². The Labute approximate surface area is 464 Å². The molecule has 438 valence electrons. The number of allylic oxidation sites excluding steroid dienone is 14. The van der Waals surface area contributed by atoms with E-state index in [9.17, 15) is 28.9 Å². The first-order chi connectivity index (χ1) is 37.2. The van der Waals surface area contributed by atoms with E-state index in [0.717, 1.165) is 103 Å². The number of hydrogen-bond donors (Lipinski definition) is 2. The fraction of sp³-hybridized carbons (Fsp3) is 0.734. The molecular formula is C64H111O11P. The second-order valence-electron chi connectivity index (χ2n) is 20.1. The van der Waals surface area contributed by atoms with E-state index in [1.807, 2.05) is 0 Å². The zero-order valence-electron chi connectivity index (χ0n) is 48.5. The highest BCUT2D eigenvalue weighted by molar-refractivity contribution is 7.47. The minimum absolute atomic E-state index is 0.126. The molecule has 0 aromatic rings. The highest BCUT2D eigenvalue weighted by Gasteiger charge is 2.28. The third-order valence-electron chi connectivity index (χ3n) is 12.8. The first kappa shape index (κ1) is 72.7. The fourth-order valence-electron chi connectivity index (χ4n) is 8.18. The Kier molecular flexibility index (Phi) is 55.3. The Morgan fingerprint density at radius 3 is 1.09 bits per heavy atom. The second kappa shape index (κ2) is 57.8. The summed E-state index contributed by atoms with van der Waals surface area (Å²) in [5.74, 6) is -1.50. The van der Waals surface area contributed by atoms with E-state index in [-0.39, 0.29) is 25.9 Å². The zero-order valence-corrected chi connectivity index (χ0v) is 49.3. The van der Waals surface area contributed by atoms with E-state index in [0.29, 0.717) is 19.3 Å². The molecule has 0 saturated heterocycles. The van der Waals surface area contributed by atoms with Crippen LogP contribution in [-0.4, -0.2) is 66.5 Å². The summed E-state index contributed by atoms with van der Waals surface area (Å²) in [6.07, 6.45) is 66.8. The summed E-state index contributed by atoms with van der Waals surface area (Å²) < 4.78 is 39.5. The molecule has 2 N–H and O–H groups in total. The Morgan fingerprint density at radius 1 is 0.382 bits per heavy atom. The molecule has 0 heterocycles. The van der Waals surface area contributed by atoms with E-state index in [1.54, 1.807) is 0 Å². The van der Waals surface area contributed by atoms with Crippen LogP contribution < -0.4 is 0 Å². The molecule has 0 aliphatic rings. The smallest absolute Gasteiger partial charge is 0.462 e. The van der Waals surface area contributed by atoms with Crippen molar-refractivity contribution in [2.45, 2.75) is 277 Å². The molecule has 0 amide bonds. The minimum atomic E-state index is -4.76. The lowest BCUT2D eigenvalue weighted by atomic mass is 10.1. The molecule has 0 saturated carbocycles. The van der Waals surface area contributed by atoms with Crippen molar-refractivity contribution >= 4 is 25.7 Å². The summed E-state index contributed by atoms with van der Waals surface area (Å²) in [6, 6.07) is 0. The largest absolute Gasteiger partial charge is 0.472 e. The van der Waals surface area contributed by atoms with E-state index >= 15 is 0 Å². The van der Waals surface area contributed by atoms with E-state index in [1.165, 1.54) is 103 Å². The summed E-state index contributed by atoms with van der Waals surface area (Å²) in [6.45, 7) is 4.47. The van der Waals surface area contributed by atoms with Crippen molar-refractivity contribution < 1.29 is 52.2 Å². The molecule has 0 aliphatic heterocycles. The second-order valence-corrected chi connectivity index (χ2v) is 21.6. The molecule has 11 nitrogen and oxygen atoms in total. The average molecular weight is 1090 g/mol. The number of aliphatic hydroxyl groups is 1. The maximum absolute atomic E-state index is 12.9. The van der Waals surface area contributed by atoms with E-state index in [2.05, 4.69) is 106 Å². The van der Waals surface area contributed by atoms with Gasteiger partial charge in [-0.2, -0.15) is 0 Å². The summed E-state index contributed by atoms with van der Waals surface area (Å²) in [7, 11) is -4.76. The zero-order chi connectivity index (χ0) is 55.5. The predicted octanol–water partition coefficient (Wildman–Crippen LogP) is 18.3. The van der Waals surface area contributed by atoms with Crippen molar-refractivity contribution in [1.82, 2.24) is 0 Å². The van der Waals surface area contributed by atoms with Crippen LogP contribution in [0.1, 0.15) is 265 Å². The number of carbonyl (C=O) groups excluding carboxylic acids is 3. The molecule has 3 atom stereocenters. The number of hydrogen-bond acceptors (Lipinski definition) is 10. The van der Waals surface area contributed by atoms with Gasteiger partial charge in [-0.1, -0.05) is 234 Å². The van der Waals surface area contributed by atoms with Crippen LogP contribution in [0.3, 0.4) is 0 Å². The Balaban J connectivity index is 4.77. The molecule has 0 fully saturated rings. The van der Waals surface area contributed by atoms with Gasteiger partial charge in [-0.15, -0.1) is 0 Å².